The molecule has 0 saturated heterocycles. The van der Waals surface area contributed by atoms with Crippen LogP contribution in [0.5, 0.6) is 11.5 Å². The number of ether oxygens (including phenoxy) is 2. The van der Waals surface area contributed by atoms with Gasteiger partial charge in [-0.15, -0.1) is 0 Å². The number of aliphatic hydroxyl groups is 1. The first kappa shape index (κ1) is 16.4. The van der Waals surface area contributed by atoms with Crippen molar-refractivity contribution in [3.8, 4) is 11.5 Å². The van der Waals surface area contributed by atoms with Crippen molar-refractivity contribution in [3.05, 3.63) is 22.7 Å². The lowest BCUT2D eigenvalue weighted by Gasteiger charge is -2.26. The zero-order valence-electron chi connectivity index (χ0n) is 12.7. The van der Waals surface area contributed by atoms with Gasteiger partial charge in [-0.25, -0.2) is 0 Å². The van der Waals surface area contributed by atoms with E-state index in [1.807, 2.05) is 12.1 Å². The van der Waals surface area contributed by atoms with E-state index in [2.05, 4.69) is 5.32 Å². The fraction of sp³-hybridized carbons (Fsp3) is 0.625. The molecule has 1 saturated carbocycles. The molecule has 0 aromatic heterocycles. The minimum absolute atomic E-state index is 0.0559. The molecule has 5 heteroatoms. The van der Waals surface area contributed by atoms with E-state index in [4.69, 9.17) is 21.1 Å². The Kier molecular flexibility index (Phi) is 5.73. The van der Waals surface area contributed by atoms with Gasteiger partial charge in [0.05, 0.1) is 19.2 Å². The molecule has 1 aromatic rings. The Labute approximate surface area is 131 Å². The third-order valence-electron chi connectivity index (χ3n) is 4.32. The summed E-state index contributed by atoms with van der Waals surface area (Å²) in [7, 11) is 3.18. The van der Waals surface area contributed by atoms with Crippen LogP contribution in [-0.4, -0.2) is 32.5 Å². The number of aliphatic hydroxyl groups excluding tert-OH is 1. The molecule has 0 atom stereocenters. The molecular formula is C16H24ClNO3. The standard InChI is InChI=1S/C16H24ClNO3/c1-20-14-8-12(7-13(17)15(14)21-2)9-18-10-16(11-19)5-3-4-6-16/h7-8,18-19H,3-6,9-11H2,1-2H3. The van der Waals surface area contributed by atoms with E-state index < -0.39 is 0 Å². The minimum atomic E-state index is 0.0559. The molecule has 1 aliphatic carbocycles. The number of rotatable bonds is 7. The second-order valence-electron chi connectivity index (χ2n) is 5.78. The van der Waals surface area contributed by atoms with Crippen molar-refractivity contribution in [1.29, 1.82) is 0 Å². The number of hydrogen-bond donors (Lipinski definition) is 2. The predicted molar refractivity (Wildman–Crippen MR) is 84.2 cm³/mol. The van der Waals surface area contributed by atoms with Crippen LogP contribution in [0.1, 0.15) is 31.2 Å². The molecule has 0 unspecified atom stereocenters. The second kappa shape index (κ2) is 7.34. The molecule has 21 heavy (non-hydrogen) atoms. The molecule has 0 radical (unpaired) electrons. The lowest BCUT2D eigenvalue weighted by molar-refractivity contribution is 0.128. The zero-order valence-corrected chi connectivity index (χ0v) is 13.5. The molecule has 1 fully saturated rings. The van der Waals surface area contributed by atoms with Crippen LogP contribution in [0.25, 0.3) is 0 Å². The van der Waals surface area contributed by atoms with Crippen LogP contribution in [0.4, 0.5) is 0 Å². The molecular weight excluding hydrogens is 290 g/mol. The number of benzene rings is 1. The van der Waals surface area contributed by atoms with Gasteiger partial charge >= 0.3 is 0 Å². The van der Waals surface area contributed by atoms with Gasteiger partial charge in [0, 0.05) is 25.1 Å². The molecule has 2 rings (SSSR count). The molecule has 0 bridgehead atoms. The summed E-state index contributed by atoms with van der Waals surface area (Å²) < 4.78 is 10.5. The highest BCUT2D eigenvalue weighted by molar-refractivity contribution is 6.32. The van der Waals surface area contributed by atoms with Crippen molar-refractivity contribution in [2.75, 3.05) is 27.4 Å². The van der Waals surface area contributed by atoms with Crippen molar-refractivity contribution in [1.82, 2.24) is 5.32 Å². The molecule has 0 amide bonds. The topological polar surface area (TPSA) is 50.7 Å². The van der Waals surface area contributed by atoms with Gasteiger partial charge in [0.1, 0.15) is 0 Å². The second-order valence-corrected chi connectivity index (χ2v) is 6.19. The number of halogens is 1. The Morgan fingerprint density at radius 3 is 2.52 bits per heavy atom. The lowest BCUT2D eigenvalue weighted by atomic mass is 9.87. The summed E-state index contributed by atoms with van der Waals surface area (Å²) in [6, 6.07) is 3.81. The lowest BCUT2D eigenvalue weighted by Crippen LogP contribution is -2.34. The van der Waals surface area contributed by atoms with Gasteiger partial charge < -0.3 is 19.9 Å². The maximum atomic E-state index is 9.61. The van der Waals surface area contributed by atoms with E-state index in [1.54, 1.807) is 14.2 Å². The Morgan fingerprint density at radius 2 is 1.95 bits per heavy atom. The van der Waals surface area contributed by atoms with Crippen molar-refractivity contribution in [2.24, 2.45) is 5.41 Å². The number of methoxy groups -OCH3 is 2. The minimum Gasteiger partial charge on any atom is -0.493 e. The maximum absolute atomic E-state index is 9.61. The van der Waals surface area contributed by atoms with E-state index in [0.29, 0.717) is 23.1 Å². The molecule has 0 aliphatic heterocycles. The summed E-state index contributed by atoms with van der Waals surface area (Å²) in [6.07, 6.45) is 4.63. The summed E-state index contributed by atoms with van der Waals surface area (Å²) in [5.74, 6) is 1.20. The van der Waals surface area contributed by atoms with E-state index in [9.17, 15) is 5.11 Å². The van der Waals surface area contributed by atoms with Gasteiger partial charge in [-0.05, 0) is 30.5 Å². The summed E-state index contributed by atoms with van der Waals surface area (Å²) in [5, 5.41) is 13.6. The van der Waals surface area contributed by atoms with Crippen LogP contribution in [0, 0.1) is 5.41 Å². The van der Waals surface area contributed by atoms with Crippen molar-refractivity contribution >= 4 is 11.6 Å². The molecule has 1 aromatic carbocycles. The first-order valence-electron chi connectivity index (χ1n) is 7.36. The molecule has 0 heterocycles. The van der Waals surface area contributed by atoms with Gasteiger partial charge in [-0.3, -0.25) is 0 Å². The first-order chi connectivity index (χ1) is 10.1. The monoisotopic (exact) mass is 313 g/mol. The Hall–Kier alpha value is -0.970. The largest absolute Gasteiger partial charge is 0.493 e. The van der Waals surface area contributed by atoms with Crippen molar-refractivity contribution in [3.63, 3.8) is 0 Å². The third-order valence-corrected chi connectivity index (χ3v) is 4.60. The highest BCUT2D eigenvalue weighted by Gasteiger charge is 2.32. The average Bonchev–Trinajstić information content (AvgIpc) is 2.96. The Bertz CT molecular complexity index is 473. The van der Waals surface area contributed by atoms with Crippen LogP contribution in [0.2, 0.25) is 5.02 Å². The van der Waals surface area contributed by atoms with E-state index in [1.165, 1.54) is 12.8 Å². The van der Waals surface area contributed by atoms with E-state index in [0.717, 1.165) is 24.9 Å². The molecule has 118 valence electrons. The Balaban J connectivity index is 1.98. The van der Waals surface area contributed by atoms with Crippen LogP contribution in [0.15, 0.2) is 12.1 Å². The first-order valence-corrected chi connectivity index (χ1v) is 7.74. The van der Waals surface area contributed by atoms with Crippen molar-refractivity contribution in [2.45, 2.75) is 32.2 Å². The van der Waals surface area contributed by atoms with Gasteiger partial charge in [0.25, 0.3) is 0 Å². The fourth-order valence-electron chi connectivity index (χ4n) is 3.06. The van der Waals surface area contributed by atoms with Gasteiger partial charge in [-0.2, -0.15) is 0 Å². The smallest absolute Gasteiger partial charge is 0.179 e. The van der Waals surface area contributed by atoms with Gasteiger partial charge in [0.2, 0.25) is 0 Å². The average molecular weight is 314 g/mol. The van der Waals surface area contributed by atoms with Crippen LogP contribution >= 0.6 is 11.6 Å². The predicted octanol–water partition coefficient (Wildman–Crippen LogP) is 3.00. The quantitative estimate of drug-likeness (QED) is 0.812. The van der Waals surface area contributed by atoms with Gasteiger partial charge in [0.15, 0.2) is 11.5 Å². The SMILES string of the molecule is COc1cc(CNCC2(CO)CCCC2)cc(Cl)c1OC. The van der Waals surface area contributed by atoms with Crippen LogP contribution < -0.4 is 14.8 Å². The van der Waals surface area contributed by atoms with Crippen molar-refractivity contribution < 1.29 is 14.6 Å². The van der Waals surface area contributed by atoms with Crippen LogP contribution in [0.3, 0.4) is 0 Å². The zero-order chi connectivity index (χ0) is 15.3. The third kappa shape index (κ3) is 3.82. The summed E-state index contributed by atoms with van der Waals surface area (Å²) in [5.41, 5.74) is 1.10. The highest BCUT2D eigenvalue weighted by atomic mass is 35.5. The molecule has 1 aliphatic rings. The fourth-order valence-corrected chi connectivity index (χ4v) is 3.37. The summed E-state index contributed by atoms with van der Waals surface area (Å²) in [4.78, 5) is 0. The Morgan fingerprint density at radius 1 is 1.24 bits per heavy atom. The number of nitrogens with one attached hydrogen (secondary N) is 1. The highest BCUT2D eigenvalue weighted by Crippen LogP contribution is 2.38. The van der Waals surface area contributed by atoms with E-state index in [-0.39, 0.29) is 12.0 Å². The maximum Gasteiger partial charge on any atom is 0.179 e. The number of hydrogen-bond acceptors (Lipinski definition) is 4. The normalized spacial score (nSPS) is 17.0. The summed E-state index contributed by atoms with van der Waals surface area (Å²) in [6.45, 7) is 1.78. The van der Waals surface area contributed by atoms with Gasteiger partial charge in [-0.1, -0.05) is 24.4 Å². The molecule has 4 nitrogen and oxygen atoms in total. The molecule has 0 spiro atoms. The van der Waals surface area contributed by atoms with E-state index >= 15 is 0 Å². The van der Waals surface area contributed by atoms with Crippen LogP contribution in [-0.2, 0) is 6.54 Å². The molecule has 2 N–H and O–H groups in total. The summed E-state index contributed by atoms with van der Waals surface area (Å²) >= 11 is 6.20.